The minimum Gasteiger partial charge on any atom is -0.496 e. The van der Waals surface area contributed by atoms with Gasteiger partial charge in [-0.05, 0) is 41.8 Å². The first-order valence-corrected chi connectivity index (χ1v) is 9.03. The van der Waals surface area contributed by atoms with E-state index in [9.17, 15) is 19.5 Å². The van der Waals surface area contributed by atoms with Gasteiger partial charge in [0.1, 0.15) is 11.3 Å². The molecule has 2 N–H and O–H groups in total. The van der Waals surface area contributed by atoms with Crippen LogP contribution < -0.4 is 10.1 Å². The molecule has 1 fully saturated rings. The van der Waals surface area contributed by atoms with Crippen molar-refractivity contribution in [1.29, 1.82) is 0 Å². The van der Waals surface area contributed by atoms with E-state index in [-0.39, 0.29) is 29.7 Å². The quantitative estimate of drug-likeness (QED) is 0.767. The van der Waals surface area contributed by atoms with Crippen molar-refractivity contribution >= 4 is 17.8 Å². The van der Waals surface area contributed by atoms with E-state index in [0.717, 1.165) is 18.5 Å². The number of amides is 2. The van der Waals surface area contributed by atoms with Gasteiger partial charge in [-0.3, -0.25) is 9.59 Å². The number of methoxy groups -OCH3 is 1. The van der Waals surface area contributed by atoms with Crippen LogP contribution >= 0.6 is 0 Å². The average molecular weight is 382 g/mol. The molecule has 0 bridgehead atoms. The fourth-order valence-electron chi connectivity index (χ4n) is 3.17. The van der Waals surface area contributed by atoms with Gasteiger partial charge in [0.05, 0.1) is 7.11 Å². The predicted octanol–water partition coefficient (Wildman–Crippen LogP) is 2.45. The van der Waals surface area contributed by atoms with Gasteiger partial charge in [0.2, 0.25) is 5.91 Å². The summed E-state index contributed by atoms with van der Waals surface area (Å²) in [5.41, 5.74) is 2.20. The molecule has 3 rings (SSSR count). The summed E-state index contributed by atoms with van der Waals surface area (Å²) in [7, 11) is 1.41. The van der Waals surface area contributed by atoms with Gasteiger partial charge in [-0.2, -0.15) is 0 Å². The maximum Gasteiger partial charge on any atom is 0.339 e. The predicted molar refractivity (Wildman–Crippen MR) is 102 cm³/mol. The number of nitrogens with one attached hydrogen (secondary N) is 1. The van der Waals surface area contributed by atoms with Crippen molar-refractivity contribution in [3.63, 3.8) is 0 Å². The number of carboxylic acid groups (broad SMARTS) is 1. The number of carboxylic acids is 1. The SMILES string of the molecule is COc1ccc(CNC(=O)c2ccc(CN3CCCC3=O)cc2)cc1C(=O)O. The maximum atomic E-state index is 12.4. The Morgan fingerprint density at radius 2 is 1.86 bits per heavy atom. The van der Waals surface area contributed by atoms with Crippen molar-refractivity contribution in [3.8, 4) is 5.75 Å². The Morgan fingerprint density at radius 3 is 2.46 bits per heavy atom. The van der Waals surface area contributed by atoms with Crippen LogP contribution in [0.3, 0.4) is 0 Å². The first kappa shape index (κ1) is 19.4. The Balaban J connectivity index is 1.59. The number of benzene rings is 2. The molecule has 0 radical (unpaired) electrons. The number of aromatic carboxylic acids is 1. The van der Waals surface area contributed by atoms with Crippen molar-refractivity contribution in [3.05, 3.63) is 64.7 Å². The lowest BCUT2D eigenvalue weighted by atomic mass is 10.1. The largest absolute Gasteiger partial charge is 0.496 e. The van der Waals surface area contributed by atoms with Crippen LogP contribution in [0.1, 0.15) is 44.7 Å². The molecule has 0 aromatic heterocycles. The summed E-state index contributed by atoms with van der Waals surface area (Å²) in [5.74, 6) is -0.898. The zero-order chi connectivity index (χ0) is 20.1. The monoisotopic (exact) mass is 382 g/mol. The van der Waals surface area contributed by atoms with Gasteiger partial charge in [0.25, 0.3) is 5.91 Å². The molecule has 0 saturated carbocycles. The first-order chi connectivity index (χ1) is 13.5. The zero-order valence-corrected chi connectivity index (χ0v) is 15.6. The van der Waals surface area contributed by atoms with Crippen LogP contribution in [0.4, 0.5) is 0 Å². The van der Waals surface area contributed by atoms with Crippen molar-refractivity contribution in [2.24, 2.45) is 0 Å². The number of ether oxygens (including phenoxy) is 1. The molecule has 2 aromatic rings. The highest BCUT2D eigenvalue weighted by atomic mass is 16.5. The topological polar surface area (TPSA) is 95.9 Å². The van der Waals surface area contributed by atoms with E-state index >= 15 is 0 Å². The summed E-state index contributed by atoms with van der Waals surface area (Å²) < 4.78 is 5.03. The first-order valence-electron chi connectivity index (χ1n) is 9.03. The van der Waals surface area contributed by atoms with E-state index in [0.29, 0.717) is 24.1 Å². The molecule has 146 valence electrons. The Hall–Kier alpha value is -3.35. The molecule has 2 aromatic carbocycles. The number of hydrogen-bond acceptors (Lipinski definition) is 4. The molecule has 0 spiro atoms. The number of carbonyl (C=O) groups excluding carboxylic acids is 2. The van der Waals surface area contributed by atoms with E-state index in [1.807, 2.05) is 17.0 Å². The fourth-order valence-corrected chi connectivity index (χ4v) is 3.17. The Kier molecular flexibility index (Phi) is 5.93. The molecule has 1 aliphatic heterocycles. The number of hydrogen-bond donors (Lipinski definition) is 2. The van der Waals surface area contributed by atoms with Crippen LogP contribution in [0, 0.1) is 0 Å². The van der Waals surface area contributed by atoms with Crippen LogP contribution in [0.5, 0.6) is 5.75 Å². The molecule has 1 saturated heterocycles. The lowest BCUT2D eigenvalue weighted by Gasteiger charge is -2.15. The number of nitrogens with zero attached hydrogens (tertiary/aromatic N) is 1. The summed E-state index contributed by atoms with van der Waals surface area (Å²) >= 11 is 0. The minimum atomic E-state index is -1.09. The molecule has 0 aliphatic carbocycles. The zero-order valence-electron chi connectivity index (χ0n) is 15.6. The highest BCUT2D eigenvalue weighted by molar-refractivity contribution is 5.94. The normalized spacial score (nSPS) is 13.5. The van der Waals surface area contributed by atoms with Crippen molar-refractivity contribution < 1.29 is 24.2 Å². The Bertz CT molecular complexity index is 892. The van der Waals surface area contributed by atoms with Crippen molar-refractivity contribution in [2.45, 2.75) is 25.9 Å². The van der Waals surface area contributed by atoms with E-state index < -0.39 is 5.97 Å². The summed E-state index contributed by atoms with van der Waals surface area (Å²) in [6.07, 6.45) is 1.50. The van der Waals surface area contributed by atoms with Gasteiger partial charge in [0, 0.05) is 31.6 Å². The molecule has 7 nitrogen and oxygen atoms in total. The maximum absolute atomic E-state index is 12.4. The third kappa shape index (κ3) is 4.49. The molecule has 7 heteroatoms. The second-order valence-corrected chi connectivity index (χ2v) is 6.64. The second-order valence-electron chi connectivity index (χ2n) is 6.64. The molecular formula is C21H22N2O5. The summed E-state index contributed by atoms with van der Waals surface area (Å²) in [6.45, 7) is 1.54. The molecule has 1 heterocycles. The van der Waals surface area contributed by atoms with Gasteiger partial charge in [-0.25, -0.2) is 4.79 Å². The van der Waals surface area contributed by atoms with E-state index in [2.05, 4.69) is 5.32 Å². The molecule has 0 atom stereocenters. The van der Waals surface area contributed by atoms with E-state index in [1.54, 1.807) is 24.3 Å². The van der Waals surface area contributed by atoms with Crippen molar-refractivity contribution in [1.82, 2.24) is 10.2 Å². The fraction of sp³-hybridized carbons (Fsp3) is 0.286. The van der Waals surface area contributed by atoms with Gasteiger partial charge in [0.15, 0.2) is 0 Å². The number of rotatable bonds is 7. The lowest BCUT2D eigenvalue weighted by Crippen LogP contribution is -2.24. The smallest absolute Gasteiger partial charge is 0.339 e. The summed E-state index contributed by atoms with van der Waals surface area (Å²) in [5, 5.41) is 12.0. The molecule has 2 amide bonds. The average Bonchev–Trinajstić information content (AvgIpc) is 3.10. The van der Waals surface area contributed by atoms with Gasteiger partial charge >= 0.3 is 5.97 Å². The number of carbonyl (C=O) groups is 3. The van der Waals surface area contributed by atoms with Crippen LogP contribution in [0.25, 0.3) is 0 Å². The Labute approximate surface area is 162 Å². The Morgan fingerprint density at radius 1 is 1.14 bits per heavy atom. The highest BCUT2D eigenvalue weighted by Gasteiger charge is 2.20. The standard InChI is InChI=1S/C21H22N2O5/c1-28-18-9-6-15(11-17(18)21(26)27)12-22-20(25)16-7-4-14(5-8-16)13-23-10-2-3-19(23)24/h4-9,11H,2-3,10,12-13H2,1H3,(H,22,25)(H,26,27). The van der Waals surface area contributed by atoms with Gasteiger partial charge < -0.3 is 20.1 Å². The van der Waals surface area contributed by atoms with Crippen LogP contribution in [-0.4, -0.2) is 41.4 Å². The molecular weight excluding hydrogens is 360 g/mol. The summed E-state index contributed by atoms with van der Waals surface area (Å²) in [6, 6.07) is 11.9. The summed E-state index contributed by atoms with van der Waals surface area (Å²) in [4.78, 5) is 37.1. The van der Waals surface area contributed by atoms with Crippen LogP contribution in [0.15, 0.2) is 42.5 Å². The lowest BCUT2D eigenvalue weighted by molar-refractivity contribution is -0.128. The molecule has 0 unspecified atom stereocenters. The van der Waals surface area contributed by atoms with Gasteiger partial charge in [-0.1, -0.05) is 18.2 Å². The van der Waals surface area contributed by atoms with E-state index in [4.69, 9.17) is 4.74 Å². The third-order valence-corrected chi connectivity index (χ3v) is 4.71. The van der Waals surface area contributed by atoms with Crippen molar-refractivity contribution in [2.75, 3.05) is 13.7 Å². The molecule has 28 heavy (non-hydrogen) atoms. The van der Waals surface area contributed by atoms with Gasteiger partial charge in [-0.15, -0.1) is 0 Å². The van der Waals surface area contributed by atoms with Crippen LogP contribution in [0.2, 0.25) is 0 Å². The van der Waals surface area contributed by atoms with Crippen LogP contribution in [-0.2, 0) is 17.9 Å². The van der Waals surface area contributed by atoms with E-state index in [1.165, 1.54) is 13.2 Å². The molecule has 1 aliphatic rings. The highest BCUT2D eigenvalue weighted by Crippen LogP contribution is 2.20. The minimum absolute atomic E-state index is 0.0510. The second kappa shape index (κ2) is 8.56. The third-order valence-electron chi connectivity index (χ3n) is 4.71. The number of likely N-dealkylation sites (tertiary alicyclic amines) is 1.